The molecule has 0 aliphatic rings. The minimum absolute atomic E-state index is 0.0782. The Bertz CT molecular complexity index is 826. The van der Waals surface area contributed by atoms with Gasteiger partial charge in [-0.15, -0.1) is 0 Å². The van der Waals surface area contributed by atoms with E-state index in [9.17, 15) is 4.79 Å². The van der Waals surface area contributed by atoms with Crippen molar-refractivity contribution in [3.8, 4) is 0 Å². The molecule has 1 heterocycles. The molecule has 1 aromatic heterocycles. The van der Waals surface area contributed by atoms with Crippen molar-refractivity contribution >= 4 is 22.4 Å². The molecule has 0 radical (unpaired) electrons. The monoisotopic (exact) mass is 307 g/mol. The Balaban J connectivity index is 1.96. The predicted molar refractivity (Wildman–Crippen MR) is 94.4 cm³/mol. The van der Waals surface area contributed by atoms with Crippen LogP contribution >= 0.6 is 0 Å². The molecule has 0 spiro atoms. The van der Waals surface area contributed by atoms with Crippen molar-refractivity contribution in [3.05, 3.63) is 65.4 Å². The van der Waals surface area contributed by atoms with E-state index in [1.165, 1.54) is 0 Å². The number of nitrogens with zero attached hydrogens (tertiary/aromatic N) is 1. The van der Waals surface area contributed by atoms with Crippen LogP contribution in [0.3, 0.4) is 0 Å². The van der Waals surface area contributed by atoms with E-state index >= 15 is 0 Å². The maximum absolute atomic E-state index is 12.6. The highest BCUT2D eigenvalue weighted by Gasteiger charge is 2.15. The van der Waals surface area contributed by atoms with Crippen molar-refractivity contribution in [2.75, 3.05) is 18.0 Å². The molecule has 2 aromatic carbocycles. The number of rotatable bonds is 5. The summed E-state index contributed by atoms with van der Waals surface area (Å²) in [4.78, 5) is 14.8. The highest BCUT2D eigenvalue weighted by Crippen LogP contribution is 2.26. The second kappa shape index (κ2) is 6.29. The van der Waals surface area contributed by atoms with Crippen LogP contribution in [0.25, 0.3) is 11.0 Å². The molecule has 3 rings (SSSR count). The van der Waals surface area contributed by atoms with Crippen LogP contribution in [0, 0.1) is 6.92 Å². The van der Waals surface area contributed by atoms with Crippen molar-refractivity contribution < 1.29 is 9.21 Å². The molecule has 3 heteroatoms. The quantitative estimate of drug-likeness (QED) is 0.634. The van der Waals surface area contributed by atoms with Crippen LogP contribution in [0.4, 0.5) is 5.69 Å². The smallest absolute Gasteiger partial charge is 0.228 e. The zero-order valence-electron chi connectivity index (χ0n) is 13.8. The van der Waals surface area contributed by atoms with Crippen molar-refractivity contribution in [3.63, 3.8) is 0 Å². The van der Waals surface area contributed by atoms with E-state index in [1.54, 1.807) is 0 Å². The van der Waals surface area contributed by atoms with Crippen LogP contribution in [0.1, 0.15) is 35.5 Å². The standard InChI is InChI=1S/C20H21NO2/c1-4-21(5-2)17-11-10-16-12-19(23-18(16)13-17)20(22)15-8-6-14(3)7-9-15/h6-13H,4-5H2,1-3H3. The van der Waals surface area contributed by atoms with E-state index in [0.29, 0.717) is 11.3 Å². The maximum atomic E-state index is 12.6. The predicted octanol–water partition coefficient (Wildman–Crippen LogP) is 4.82. The molecule has 0 bridgehead atoms. The van der Waals surface area contributed by atoms with Crippen LogP contribution < -0.4 is 4.90 Å². The number of carbonyl (C=O) groups is 1. The Hall–Kier alpha value is -2.55. The van der Waals surface area contributed by atoms with E-state index in [0.717, 1.165) is 35.3 Å². The number of fused-ring (bicyclic) bond motifs is 1. The average Bonchev–Trinajstić information content (AvgIpc) is 2.99. The van der Waals surface area contributed by atoms with Gasteiger partial charge in [-0.25, -0.2) is 0 Å². The molecular weight excluding hydrogens is 286 g/mol. The third kappa shape index (κ3) is 3.00. The second-order valence-corrected chi connectivity index (χ2v) is 5.70. The number of anilines is 1. The second-order valence-electron chi connectivity index (χ2n) is 5.70. The zero-order chi connectivity index (χ0) is 16.4. The molecule has 0 saturated carbocycles. The normalized spacial score (nSPS) is 10.9. The average molecular weight is 307 g/mol. The molecule has 0 aliphatic heterocycles. The first-order valence-corrected chi connectivity index (χ1v) is 8.02. The number of ketones is 1. The molecule has 3 aromatic rings. The van der Waals surface area contributed by atoms with E-state index < -0.39 is 0 Å². The number of carbonyl (C=O) groups excluding carboxylic acids is 1. The SMILES string of the molecule is CCN(CC)c1ccc2cc(C(=O)c3ccc(C)cc3)oc2c1. The van der Waals surface area contributed by atoms with Crippen LogP contribution in [-0.2, 0) is 0 Å². The molecule has 0 aliphatic carbocycles. The summed E-state index contributed by atoms with van der Waals surface area (Å²) in [5.41, 5.74) is 3.66. The van der Waals surface area contributed by atoms with Crippen molar-refractivity contribution in [1.82, 2.24) is 0 Å². The summed E-state index contributed by atoms with van der Waals surface area (Å²) >= 11 is 0. The lowest BCUT2D eigenvalue weighted by Crippen LogP contribution is -2.21. The maximum Gasteiger partial charge on any atom is 0.228 e. The first-order valence-electron chi connectivity index (χ1n) is 8.02. The Morgan fingerprint density at radius 3 is 2.35 bits per heavy atom. The summed E-state index contributed by atoms with van der Waals surface area (Å²) in [5, 5.41) is 0.955. The third-order valence-electron chi connectivity index (χ3n) is 4.17. The Kier molecular flexibility index (Phi) is 4.20. The minimum Gasteiger partial charge on any atom is -0.452 e. The van der Waals surface area contributed by atoms with E-state index in [-0.39, 0.29) is 5.78 Å². The number of furan rings is 1. The van der Waals surface area contributed by atoms with Crippen LogP contribution in [-0.4, -0.2) is 18.9 Å². The Morgan fingerprint density at radius 2 is 1.70 bits per heavy atom. The number of hydrogen-bond donors (Lipinski definition) is 0. The summed E-state index contributed by atoms with van der Waals surface area (Å²) in [6, 6.07) is 15.5. The van der Waals surface area contributed by atoms with Gasteiger partial charge in [-0.1, -0.05) is 29.8 Å². The highest BCUT2D eigenvalue weighted by molar-refractivity contribution is 6.09. The van der Waals surface area contributed by atoms with Crippen LogP contribution in [0.2, 0.25) is 0 Å². The molecule has 0 saturated heterocycles. The minimum atomic E-state index is -0.0782. The van der Waals surface area contributed by atoms with Gasteiger partial charge in [0.2, 0.25) is 5.78 Å². The topological polar surface area (TPSA) is 33.5 Å². The van der Waals surface area contributed by atoms with E-state index in [1.807, 2.05) is 49.4 Å². The summed E-state index contributed by atoms with van der Waals surface area (Å²) in [6.45, 7) is 8.14. The fourth-order valence-corrected chi connectivity index (χ4v) is 2.76. The fourth-order valence-electron chi connectivity index (χ4n) is 2.76. The summed E-state index contributed by atoms with van der Waals surface area (Å²) in [6.07, 6.45) is 0. The van der Waals surface area contributed by atoms with Crippen LogP contribution in [0.15, 0.2) is 52.9 Å². The molecule has 0 unspecified atom stereocenters. The van der Waals surface area contributed by atoms with Gasteiger partial charge in [-0.2, -0.15) is 0 Å². The zero-order valence-corrected chi connectivity index (χ0v) is 13.8. The lowest BCUT2D eigenvalue weighted by molar-refractivity contribution is 0.101. The molecule has 118 valence electrons. The van der Waals surface area contributed by atoms with E-state index in [4.69, 9.17) is 4.42 Å². The highest BCUT2D eigenvalue weighted by atomic mass is 16.3. The molecule has 0 amide bonds. The van der Waals surface area contributed by atoms with Gasteiger partial charge in [-0.3, -0.25) is 4.79 Å². The lowest BCUT2D eigenvalue weighted by Gasteiger charge is -2.20. The first kappa shape index (κ1) is 15.3. The lowest BCUT2D eigenvalue weighted by atomic mass is 10.1. The van der Waals surface area contributed by atoms with E-state index in [2.05, 4.69) is 24.8 Å². The first-order chi connectivity index (χ1) is 11.1. The van der Waals surface area contributed by atoms with Gasteiger partial charge < -0.3 is 9.32 Å². The van der Waals surface area contributed by atoms with Gasteiger partial charge >= 0.3 is 0 Å². The summed E-state index contributed by atoms with van der Waals surface area (Å²) in [5.74, 6) is 0.311. The van der Waals surface area contributed by atoms with Gasteiger partial charge in [0.05, 0.1) is 0 Å². The van der Waals surface area contributed by atoms with Gasteiger partial charge in [0.25, 0.3) is 0 Å². The molecule has 23 heavy (non-hydrogen) atoms. The summed E-state index contributed by atoms with van der Waals surface area (Å²) < 4.78 is 5.82. The van der Waals surface area contributed by atoms with Gasteiger partial charge in [0.15, 0.2) is 5.76 Å². The molecule has 3 nitrogen and oxygen atoms in total. The fraction of sp³-hybridized carbons (Fsp3) is 0.250. The van der Waals surface area contributed by atoms with Crippen molar-refractivity contribution in [2.24, 2.45) is 0 Å². The number of aryl methyl sites for hydroxylation is 1. The molecular formula is C20H21NO2. The summed E-state index contributed by atoms with van der Waals surface area (Å²) in [7, 11) is 0. The largest absolute Gasteiger partial charge is 0.452 e. The van der Waals surface area contributed by atoms with Crippen molar-refractivity contribution in [2.45, 2.75) is 20.8 Å². The number of hydrogen-bond acceptors (Lipinski definition) is 3. The third-order valence-corrected chi connectivity index (χ3v) is 4.17. The van der Waals surface area contributed by atoms with Gasteiger partial charge in [-0.05, 0) is 39.0 Å². The Labute approximate surface area is 136 Å². The Morgan fingerprint density at radius 1 is 1.00 bits per heavy atom. The number of benzene rings is 2. The van der Waals surface area contributed by atoms with Gasteiger partial charge in [0, 0.05) is 35.8 Å². The van der Waals surface area contributed by atoms with Crippen molar-refractivity contribution in [1.29, 1.82) is 0 Å². The molecule has 0 fully saturated rings. The molecule has 0 N–H and O–H groups in total. The van der Waals surface area contributed by atoms with Gasteiger partial charge in [0.1, 0.15) is 5.58 Å². The molecule has 0 atom stereocenters. The van der Waals surface area contributed by atoms with Crippen LogP contribution in [0.5, 0.6) is 0 Å².